The molecule has 0 bridgehead atoms. The molecular formula is C22H21FN4O. The van der Waals surface area contributed by atoms with Crippen LogP contribution < -0.4 is 15.5 Å². The number of anilines is 4. The summed E-state index contributed by atoms with van der Waals surface area (Å²) in [5.41, 5.74) is 3.83. The predicted molar refractivity (Wildman–Crippen MR) is 110 cm³/mol. The number of nitrogens with one attached hydrogen (secondary N) is 2. The molecule has 2 N–H and O–H groups in total. The zero-order valence-electron chi connectivity index (χ0n) is 15.4. The molecule has 4 rings (SSSR count). The van der Waals surface area contributed by atoms with Gasteiger partial charge in [0.1, 0.15) is 5.82 Å². The lowest BCUT2D eigenvalue weighted by Crippen LogP contribution is -2.17. The molecular weight excluding hydrogens is 355 g/mol. The Bertz CT molecular complexity index is 951. The number of pyridine rings is 1. The van der Waals surface area contributed by atoms with Crippen molar-refractivity contribution in [2.75, 3.05) is 28.6 Å². The number of amides is 1. The van der Waals surface area contributed by atoms with Gasteiger partial charge in [-0.2, -0.15) is 0 Å². The average Bonchev–Trinajstić information content (AvgIpc) is 3.25. The summed E-state index contributed by atoms with van der Waals surface area (Å²) in [7, 11) is 0. The van der Waals surface area contributed by atoms with Crippen LogP contribution in [0.5, 0.6) is 0 Å². The minimum atomic E-state index is -0.346. The second-order valence-corrected chi connectivity index (χ2v) is 6.79. The third kappa shape index (κ3) is 4.28. The van der Waals surface area contributed by atoms with E-state index in [1.165, 1.54) is 49.0 Å². The Balaban J connectivity index is 1.43. The molecule has 1 aliphatic rings. The fourth-order valence-corrected chi connectivity index (χ4v) is 3.27. The molecule has 1 aliphatic heterocycles. The Labute approximate surface area is 163 Å². The third-order valence-electron chi connectivity index (χ3n) is 4.73. The van der Waals surface area contributed by atoms with Crippen LogP contribution in [-0.4, -0.2) is 24.0 Å². The molecule has 0 spiro atoms. The van der Waals surface area contributed by atoms with E-state index in [9.17, 15) is 9.18 Å². The molecule has 0 aliphatic carbocycles. The van der Waals surface area contributed by atoms with Crippen LogP contribution in [0.15, 0.2) is 67.0 Å². The summed E-state index contributed by atoms with van der Waals surface area (Å²) in [5, 5.41) is 6.01. The largest absolute Gasteiger partial charge is 0.372 e. The number of benzene rings is 2. The molecule has 5 nitrogen and oxygen atoms in total. The van der Waals surface area contributed by atoms with Crippen molar-refractivity contribution in [3.8, 4) is 0 Å². The van der Waals surface area contributed by atoms with Gasteiger partial charge in [0, 0.05) is 36.3 Å². The van der Waals surface area contributed by atoms with Gasteiger partial charge in [-0.25, -0.2) is 4.39 Å². The molecule has 1 fully saturated rings. The monoisotopic (exact) mass is 376 g/mol. The molecule has 0 radical (unpaired) electrons. The maximum atomic E-state index is 13.0. The Hall–Kier alpha value is -3.41. The Morgan fingerprint density at radius 2 is 1.57 bits per heavy atom. The van der Waals surface area contributed by atoms with Crippen LogP contribution in [0, 0.1) is 5.82 Å². The minimum Gasteiger partial charge on any atom is -0.372 e. The van der Waals surface area contributed by atoms with Crippen LogP contribution in [0.4, 0.5) is 27.1 Å². The third-order valence-corrected chi connectivity index (χ3v) is 4.73. The highest BCUT2D eigenvalue weighted by Crippen LogP contribution is 2.24. The number of hydrogen-bond acceptors (Lipinski definition) is 4. The van der Waals surface area contributed by atoms with Gasteiger partial charge < -0.3 is 15.5 Å². The molecule has 28 heavy (non-hydrogen) atoms. The van der Waals surface area contributed by atoms with E-state index >= 15 is 0 Å². The summed E-state index contributed by atoms with van der Waals surface area (Å²) in [6.07, 6.45) is 5.67. The molecule has 0 atom stereocenters. The van der Waals surface area contributed by atoms with Gasteiger partial charge in [0.2, 0.25) is 0 Å². The van der Waals surface area contributed by atoms with Gasteiger partial charge in [0.15, 0.2) is 0 Å². The highest BCUT2D eigenvalue weighted by molar-refractivity contribution is 6.04. The fraction of sp³-hybridized carbons (Fsp3) is 0.182. The summed E-state index contributed by atoms with van der Waals surface area (Å²) in [4.78, 5) is 18.9. The zero-order chi connectivity index (χ0) is 19.3. The maximum absolute atomic E-state index is 13.0. The number of nitrogens with zero attached hydrogens (tertiary/aromatic N) is 2. The van der Waals surface area contributed by atoms with E-state index in [-0.39, 0.29) is 11.7 Å². The summed E-state index contributed by atoms with van der Waals surface area (Å²) in [6, 6.07) is 15.6. The van der Waals surface area contributed by atoms with E-state index in [0.717, 1.165) is 24.5 Å². The minimum absolute atomic E-state index is 0.299. The van der Waals surface area contributed by atoms with Crippen molar-refractivity contribution >= 4 is 28.7 Å². The zero-order valence-corrected chi connectivity index (χ0v) is 15.4. The quantitative estimate of drug-likeness (QED) is 0.670. The van der Waals surface area contributed by atoms with E-state index in [0.29, 0.717) is 11.3 Å². The number of halogens is 1. The first kappa shape index (κ1) is 18.0. The molecule has 1 aromatic heterocycles. The fourth-order valence-electron chi connectivity index (χ4n) is 3.27. The van der Waals surface area contributed by atoms with Crippen LogP contribution in [-0.2, 0) is 0 Å². The van der Waals surface area contributed by atoms with Gasteiger partial charge in [-0.3, -0.25) is 9.78 Å². The van der Waals surface area contributed by atoms with Crippen molar-refractivity contribution < 1.29 is 9.18 Å². The number of hydrogen-bond donors (Lipinski definition) is 2. The van der Waals surface area contributed by atoms with E-state index in [1.54, 1.807) is 12.3 Å². The standard InChI is InChI=1S/C22H21FN4O/c23-17-3-5-19(6-4-17)26-22(28)16-13-20(15-24-14-16)25-18-7-9-21(10-8-18)27-11-1-2-12-27/h3-10,13-15,25H,1-2,11-12H2,(H,26,28). The first-order valence-corrected chi connectivity index (χ1v) is 9.31. The maximum Gasteiger partial charge on any atom is 0.257 e. The number of aromatic nitrogens is 1. The van der Waals surface area contributed by atoms with Crippen molar-refractivity contribution in [1.29, 1.82) is 0 Å². The molecule has 2 aromatic carbocycles. The van der Waals surface area contributed by atoms with E-state index in [4.69, 9.17) is 0 Å². The van der Waals surface area contributed by atoms with Crippen molar-refractivity contribution in [3.63, 3.8) is 0 Å². The van der Waals surface area contributed by atoms with Crippen molar-refractivity contribution in [3.05, 3.63) is 78.4 Å². The van der Waals surface area contributed by atoms with Crippen LogP contribution >= 0.6 is 0 Å². The second-order valence-electron chi connectivity index (χ2n) is 6.79. The molecule has 142 valence electrons. The van der Waals surface area contributed by atoms with Gasteiger partial charge in [0.25, 0.3) is 5.91 Å². The molecule has 6 heteroatoms. The SMILES string of the molecule is O=C(Nc1ccc(F)cc1)c1cncc(Nc2ccc(N3CCCC3)cc2)c1. The number of carbonyl (C=O) groups is 1. The summed E-state index contributed by atoms with van der Waals surface area (Å²) >= 11 is 0. The van der Waals surface area contributed by atoms with Gasteiger partial charge in [-0.15, -0.1) is 0 Å². The van der Waals surface area contributed by atoms with E-state index in [2.05, 4.69) is 32.7 Å². The highest BCUT2D eigenvalue weighted by Gasteiger charge is 2.12. The van der Waals surface area contributed by atoms with Gasteiger partial charge >= 0.3 is 0 Å². The van der Waals surface area contributed by atoms with Crippen LogP contribution in [0.2, 0.25) is 0 Å². The molecule has 0 saturated carbocycles. The lowest BCUT2D eigenvalue weighted by atomic mass is 10.2. The van der Waals surface area contributed by atoms with Crippen LogP contribution in [0.1, 0.15) is 23.2 Å². The van der Waals surface area contributed by atoms with Gasteiger partial charge in [-0.05, 0) is 67.4 Å². The molecule has 1 saturated heterocycles. The smallest absolute Gasteiger partial charge is 0.257 e. The lowest BCUT2D eigenvalue weighted by molar-refractivity contribution is 0.102. The summed E-state index contributed by atoms with van der Waals surface area (Å²) in [6.45, 7) is 2.23. The van der Waals surface area contributed by atoms with Crippen LogP contribution in [0.3, 0.4) is 0 Å². The lowest BCUT2D eigenvalue weighted by Gasteiger charge is -2.18. The molecule has 3 aromatic rings. The Morgan fingerprint density at radius 1 is 0.893 bits per heavy atom. The average molecular weight is 376 g/mol. The normalized spacial score (nSPS) is 13.4. The van der Waals surface area contributed by atoms with Crippen LogP contribution in [0.25, 0.3) is 0 Å². The van der Waals surface area contributed by atoms with Crippen molar-refractivity contribution in [1.82, 2.24) is 4.98 Å². The summed E-state index contributed by atoms with van der Waals surface area (Å²) < 4.78 is 13.0. The van der Waals surface area contributed by atoms with Crippen molar-refractivity contribution in [2.45, 2.75) is 12.8 Å². The van der Waals surface area contributed by atoms with E-state index < -0.39 is 0 Å². The first-order valence-electron chi connectivity index (χ1n) is 9.31. The molecule has 1 amide bonds. The molecule has 2 heterocycles. The van der Waals surface area contributed by atoms with Gasteiger partial charge in [0.05, 0.1) is 17.4 Å². The number of rotatable bonds is 5. The first-order chi connectivity index (χ1) is 13.7. The topological polar surface area (TPSA) is 57.3 Å². The van der Waals surface area contributed by atoms with Gasteiger partial charge in [-0.1, -0.05) is 0 Å². The van der Waals surface area contributed by atoms with Crippen molar-refractivity contribution in [2.24, 2.45) is 0 Å². The summed E-state index contributed by atoms with van der Waals surface area (Å²) in [5.74, 6) is -0.645. The second kappa shape index (κ2) is 8.08. The van der Waals surface area contributed by atoms with E-state index in [1.807, 2.05) is 12.1 Å². The predicted octanol–water partition coefficient (Wildman–Crippen LogP) is 4.82. The molecule has 0 unspecified atom stereocenters. The highest BCUT2D eigenvalue weighted by atomic mass is 19.1. The number of carbonyl (C=O) groups excluding carboxylic acids is 1. The Kier molecular flexibility index (Phi) is 5.19. The Morgan fingerprint density at radius 3 is 2.29 bits per heavy atom.